The van der Waals surface area contributed by atoms with E-state index in [9.17, 15) is 4.79 Å². The highest BCUT2D eigenvalue weighted by Gasteiger charge is 2.25. The van der Waals surface area contributed by atoms with E-state index in [1.807, 2.05) is 36.1 Å². The average Bonchev–Trinajstić information content (AvgIpc) is 3.28. The third-order valence-corrected chi connectivity index (χ3v) is 5.58. The first-order valence-corrected chi connectivity index (χ1v) is 10.8. The largest absolute Gasteiger partial charge is 0.496 e. The highest BCUT2D eigenvalue weighted by molar-refractivity contribution is 6.31. The molecule has 1 saturated heterocycles. The number of methoxy groups -OCH3 is 1. The third-order valence-electron chi connectivity index (χ3n) is 5.34. The standard InChI is InChI=1S/C22H25ClN6O3/c1-3-32-18-7-5-17(6-8-18)29-21(24-25-26-29)15-27-10-12-28(13-11-27)22(30)19-14-16(23)4-9-20(19)31-2/h4-9,14H,3,10-13,15H2,1-2H3. The van der Waals surface area contributed by atoms with Gasteiger partial charge in [-0.05, 0) is 59.8 Å². The fourth-order valence-electron chi connectivity index (χ4n) is 3.68. The highest BCUT2D eigenvalue weighted by Crippen LogP contribution is 2.25. The number of hydrogen-bond acceptors (Lipinski definition) is 7. The summed E-state index contributed by atoms with van der Waals surface area (Å²) in [7, 11) is 1.55. The Bertz CT molecular complexity index is 1060. The molecule has 0 spiro atoms. The molecule has 9 nitrogen and oxygen atoms in total. The van der Waals surface area contributed by atoms with E-state index in [1.165, 1.54) is 0 Å². The van der Waals surface area contributed by atoms with Crippen LogP contribution in [0.3, 0.4) is 0 Å². The Hall–Kier alpha value is -3.17. The van der Waals surface area contributed by atoms with Crippen molar-refractivity contribution in [1.82, 2.24) is 30.0 Å². The molecule has 32 heavy (non-hydrogen) atoms. The van der Waals surface area contributed by atoms with Crippen LogP contribution in [-0.2, 0) is 6.54 Å². The van der Waals surface area contributed by atoms with E-state index in [0.29, 0.717) is 55.7 Å². The topological polar surface area (TPSA) is 85.6 Å². The van der Waals surface area contributed by atoms with Crippen LogP contribution in [0.25, 0.3) is 5.69 Å². The van der Waals surface area contributed by atoms with Gasteiger partial charge in [-0.2, -0.15) is 4.68 Å². The molecule has 0 unspecified atom stereocenters. The molecule has 0 aliphatic carbocycles. The minimum Gasteiger partial charge on any atom is -0.496 e. The Labute approximate surface area is 191 Å². The molecule has 4 rings (SSSR count). The molecular weight excluding hydrogens is 432 g/mol. The van der Waals surface area contributed by atoms with Gasteiger partial charge in [-0.25, -0.2) is 0 Å². The first-order chi connectivity index (χ1) is 15.6. The van der Waals surface area contributed by atoms with Crippen molar-refractivity contribution in [1.29, 1.82) is 0 Å². The second kappa shape index (κ2) is 9.97. The normalized spacial score (nSPS) is 14.4. The second-order valence-corrected chi connectivity index (χ2v) is 7.78. The predicted octanol–water partition coefficient (Wildman–Crippen LogP) is 2.68. The summed E-state index contributed by atoms with van der Waals surface area (Å²) in [5.74, 6) is 1.99. The first-order valence-electron chi connectivity index (χ1n) is 10.4. The maximum atomic E-state index is 13.0. The summed E-state index contributed by atoms with van der Waals surface area (Å²) in [5, 5.41) is 12.7. The molecule has 0 saturated carbocycles. The minimum absolute atomic E-state index is 0.0804. The van der Waals surface area contributed by atoms with E-state index in [4.69, 9.17) is 21.1 Å². The number of hydrogen-bond donors (Lipinski definition) is 0. The molecule has 168 valence electrons. The SMILES string of the molecule is CCOc1ccc(-n2nnnc2CN2CCN(C(=O)c3cc(Cl)ccc3OC)CC2)cc1. The van der Waals surface area contributed by atoms with Crippen LogP contribution in [0, 0.1) is 0 Å². The van der Waals surface area contributed by atoms with Crippen molar-refractivity contribution in [3.63, 3.8) is 0 Å². The number of aromatic nitrogens is 4. The molecule has 1 amide bonds. The van der Waals surface area contributed by atoms with Crippen LogP contribution in [0.1, 0.15) is 23.1 Å². The zero-order chi connectivity index (χ0) is 22.5. The van der Waals surface area contributed by atoms with Gasteiger partial charge in [-0.3, -0.25) is 9.69 Å². The molecule has 1 aliphatic rings. The number of carbonyl (C=O) groups excluding carboxylic acids is 1. The van der Waals surface area contributed by atoms with E-state index in [2.05, 4.69) is 20.4 Å². The summed E-state index contributed by atoms with van der Waals surface area (Å²) in [4.78, 5) is 17.0. The minimum atomic E-state index is -0.0804. The lowest BCUT2D eigenvalue weighted by Gasteiger charge is -2.34. The number of nitrogens with zero attached hydrogens (tertiary/aromatic N) is 6. The Morgan fingerprint density at radius 3 is 2.53 bits per heavy atom. The van der Waals surface area contributed by atoms with E-state index in [0.717, 1.165) is 17.3 Å². The van der Waals surface area contributed by atoms with Crippen molar-refractivity contribution in [2.75, 3.05) is 39.9 Å². The Kier molecular flexibility index (Phi) is 6.87. The Balaban J connectivity index is 1.39. The molecule has 0 N–H and O–H groups in total. The average molecular weight is 457 g/mol. The summed E-state index contributed by atoms with van der Waals surface area (Å²) < 4.78 is 12.6. The van der Waals surface area contributed by atoms with Crippen LogP contribution in [0.5, 0.6) is 11.5 Å². The van der Waals surface area contributed by atoms with Gasteiger partial charge >= 0.3 is 0 Å². The predicted molar refractivity (Wildman–Crippen MR) is 120 cm³/mol. The van der Waals surface area contributed by atoms with Gasteiger partial charge < -0.3 is 14.4 Å². The number of tetrazole rings is 1. The zero-order valence-electron chi connectivity index (χ0n) is 18.1. The van der Waals surface area contributed by atoms with Gasteiger partial charge in [0.2, 0.25) is 0 Å². The van der Waals surface area contributed by atoms with Crippen molar-refractivity contribution < 1.29 is 14.3 Å². The van der Waals surface area contributed by atoms with Gasteiger partial charge in [-0.1, -0.05) is 11.6 Å². The summed E-state index contributed by atoms with van der Waals surface area (Å²) >= 11 is 6.09. The molecule has 10 heteroatoms. The van der Waals surface area contributed by atoms with E-state index >= 15 is 0 Å². The van der Waals surface area contributed by atoms with Crippen LogP contribution >= 0.6 is 11.6 Å². The molecule has 3 aromatic rings. The quantitative estimate of drug-likeness (QED) is 0.540. The fraction of sp³-hybridized carbons (Fsp3) is 0.364. The molecule has 0 atom stereocenters. The molecule has 0 radical (unpaired) electrons. The van der Waals surface area contributed by atoms with E-state index in [-0.39, 0.29) is 5.91 Å². The monoisotopic (exact) mass is 456 g/mol. The molecule has 1 aromatic heterocycles. The van der Waals surface area contributed by atoms with Crippen LogP contribution in [0.4, 0.5) is 0 Å². The molecule has 2 heterocycles. The fourth-order valence-corrected chi connectivity index (χ4v) is 3.85. The third kappa shape index (κ3) is 4.84. The van der Waals surface area contributed by atoms with Crippen molar-refractivity contribution in [2.45, 2.75) is 13.5 Å². The number of rotatable bonds is 7. The number of amides is 1. The van der Waals surface area contributed by atoms with Crippen molar-refractivity contribution >= 4 is 17.5 Å². The first kappa shape index (κ1) is 22.0. The summed E-state index contributed by atoms with van der Waals surface area (Å²) in [5.41, 5.74) is 1.35. The van der Waals surface area contributed by atoms with Gasteiger partial charge in [0.05, 0.1) is 31.5 Å². The number of piperazine rings is 1. The lowest BCUT2D eigenvalue weighted by molar-refractivity contribution is 0.0621. The maximum absolute atomic E-state index is 13.0. The van der Waals surface area contributed by atoms with Gasteiger partial charge in [0.25, 0.3) is 5.91 Å². The highest BCUT2D eigenvalue weighted by atomic mass is 35.5. The molecule has 2 aromatic carbocycles. The van der Waals surface area contributed by atoms with Gasteiger partial charge in [0.1, 0.15) is 11.5 Å². The van der Waals surface area contributed by atoms with Crippen LogP contribution < -0.4 is 9.47 Å². The smallest absolute Gasteiger partial charge is 0.257 e. The number of ether oxygens (including phenoxy) is 2. The lowest BCUT2D eigenvalue weighted by atomic mass is 10.1. The van der Waals surface area contributed by atoms with Crippen molar-refractivity contribution in [3.05, 3.63) is 58.9 Å². The molecular formula is C22H25ClN6O3. The van der Waals surface area contributed by atoms with Crippen molar-refractivity contribution in [3.8, 4) is 17.2 Å². The molecule has 1 fully saturated rings. The van der Waals surface area contributed by atoms with Crippen LogP contribution in [0.2, 0.25) is 5.02 Å². The molecule has 0 bridgehead atoms. The van der Waals surface area contributed by atoms with Gasteiger partial charge in [0.15, 0.2) is 5.82 Å². The van der Waals surface area contributed by atoms with Crippen LogP contribution in [0.15, 0.2) is 42.5 Å². The Morgan fingerprint density at radius 1 is 1.09 bits per heavy atom. The van der Waals surface area contributed by atoms with Crippen molar-refractivity contribution in [2.24, 2.45) is 0 Å². The molecule has 1 aliphatic heterocycles. The second-order valence-electron chi connectivity index (χ2n) is 7.35. The van der Waals surface area contributed by atoms with Gasteiger partial charge in [-0.15, -0.1) is 5.10 Å². The number of halogens is 1. The lowest BCUT2D eigenvalue weighted by Crippen LogP contribution is -2.48. The van der Waals surface area contributed by atoms with Gasteiger partial charge in [0, 0.05) is 31.2 Å². The summed E-state index contributed by atoms with van der Waals surface area (Å²) in [6, 6.07) is 12.7. The van der Waals surface area contributed by atoms with E-state index in [1.54, 1.807) is 30.0 Å². The van der Waals surface area contributed by atoms with Crippen LogP contribution in [-0.4, -0.2) is 75.8 Å². The zero-order valence-corrected chi connectivity index (χ0v) is 18.8. The van der Waals surface area contributed by atoms with E-state index < -0.39 is 0 Å². The summed E-state index contributed by atoms with van der Waals surface area (Å²) in [6.07, 6.45) is 0. The Morgan fingerprint density at radius 2 is 1.84 bits per heavy atom. The number of carbonyl (C=O) groups is 1. The summed E-state index contributed by atoms with van der Waals surface area (Å²) in [6.45, 7) is 5.77. The maximum Gasteiger partial charge on any atom is 0.257 e. The number of benzene rings is 2.